The van der Waals surface area contributed by atoms with Crippen LogP contribution in [0.1, 0.15) is 10.4 Å². The van der Waals surface area contributed by atoms with E-state index in [2.05, 4.69) is 0 Å². The fourth-order valence-electron chi connectivity index (χ4n) is 0.896. The van der Waals surface area contributed by atoms with E-state index in [1.807, 2.05) is 19.0 Å². The zero-order valence-electron chi connectivity index (χ0n) is 7.07. The van der Waals surface area contributed by atoms with Crippen LogP contribution in [0.5, 0.6) is 0 Å². The lowest BCUT2D eigenvalue weighted by atomic mass is 10.2. The van der Waals surface area contributed by atoms with Crippen LogP contribution in [0.3, 0.4) is 0 Å². The molecule has 0 fully saturated rings. The number of anilines is 1. The van der Waals surface area contributed by atoms with Crippen LogP contribution in [0.4, 0.5) is 5.69 Å². The van der Waals surface area contributed by atoms with Gasteiger partial charge in [0.1, 0.15) is 0 Å². The van der Waals surface area contributed by atoms with Crippen LogP contribution in [0.25, 0.3) is 0 Å². The Hall–Kier alpha value is -1.51. The SMILES string of the molecule is CN(C)c1ccc(C(=O)[O-])cc1. The molecule has 0 aliphatic heterocycles. The van der Waals surface area contributed by atoms with Crippen LogP contribution in [0, 0.1) is 0 Å². The highest BCUT2D eigenvalue weighted by atomic mass is 16.4. The number of hydrogen-bond acceptors (Lipinski definition) is 3. The zero-order valence-corrected chi connectivity index (χ0v) is 7.07. The quantitative estimate of drug-likeness (QED) is 0.623. The topological polar surface area (TPSA) is 43.4 Å². The highest BCUT2D eigenvalue weighted by Crippen LogP contribution is 2.11. The van der Waals surface area contributed by atoms with Gasteiger partial charge >= 0.3 is 0 Å². The fourth-order valence-corrected chi connectivity index (χ4v) is 0.896. The number of aromatic carboxylic acids is 1. The number of nitrogens with zero attached hydrogens (tertiary/aromatic N) is 1. The first-order chi connectivity index (χ1) is 5.61. The van der Waals surface area contributed by atoms with Gasteiger partial charge in [0.05, 0.1) is 5.97 Å². The van der Waals surface area contributed by atoms with Gasteiger partial charge < -0.3 is 14.8 Å². The third-order valence-electron chi connectivity index (χ3n) is 1.62. The number of hydrogen-bond donors (Lipinski definition) is 0. The first-order valence-electron chi connectivity index (χ1n) is 3.60. The molecule has 1 aromatic carbocycles. The van der Waals surface area contributed by atoms with Crippen LogP contribution < -0.4 is 10.0 Å². The third kappa shape index (κ3) is 1.75. The Kier molecular flexibility index (Phi) is 2.33. The minimum absolute atomic E-state index is 0.209. The molecule has 3 heteroatoms. The predicted molar refractivity (Wildman–Crippen MR) is 45.1 cm³/mol. The number of benzene rings is 1. The molecular formula is C9H10NO2-. The Morgan fingerprint density at radius 3 is 2.08 bits per heavy atom. The van der Waals surface area contributed by atoms with Crippen molar-refractivity contribution < 1.29 is 9.90 Å². The molecule has 0 aliphatic rings. The molecule has 0 saturated carbocycles. The Morgan fingerprint density at radius 2 is 1.75 bits per heavy atom. The molecule has 0 spiro atoms. The van der Waals surface area contributed by atoms with Gasteiger partial charge in [-0.3, -0.25) is 0 Å². The number of carboxylic acids is 1. The Morgan fingerprint density at radius 1 is 1.25 bits per heavy atom. The summed E-state index contributed by atoms with van der Waals surface area (Å²) in [7, 11) is 3.79. The van der Waals surface area contributed by atoms with Crippen molar-refractivity contribution in [3.63, 3.8) is 0 Å². The van der Waals surface area contributed by atoms with E-state index in [-0.39, 0.29) is 5.56 Å². The molecule has 0 amide bonds. The van der Waals surface area contributed by atoms with Gasteiger partial charge in [0.25, 0.3) is 0 Å². The van der Waals surface area contributed by atoms with Gasteiger partial charge in [-0.1, -0.05) is 12.1 Å². The van der Waals surface area contributed by atoms with E-state index in [0.29, 0.717) is 0 Å². The summed E-state index contributed by atoms with van der Waals surface area (Å²) in [5.74, 6) is -1.14. The van der Waals surface area contributed by atoms with Gasteiger partial charge in [0.2, 0.25) is 0 Å². The lowest BCUT2D eigenvalue weighted by molar-refractivity contribution is -0.255. The molecule has 0 saturated heterocycles. The van der Waals surface area contributed by atoms with Crippen molar-refractivity contribution in [3.8, 4) is 0 Å². The van der Waals surface area contributed by atoms with E-state index < -0.39 is 5.97 Å². The normalized spacial score (nSPS) is 9.50. The summed E-state index contributed by atoms with van der Waals surface area (Å²) in [5, 5.41) is 10.4. The fraction of sp³-hybridized carbons (Fsp3) is 0.222. The minimum atomic E-state index is -1.14. The van der Waals surface area contributed by atoms with E-state index in [9.17, 15) is 9.90 Å². The third-order valence-corrected chi connectivity index (χ3v) is 1.62. The number of rotatable bonds is 2. The molecule has 0 radical (unpaired) electrons. The molecule has 3 nitrogen and oxygen atoms in total. The van der Waals surface area contributed by atoms with E-state index in [1.54, 1.807) is 12.1 Å². The molecule has 0 atom stereocenters. The van der Waals surface area contributed by atoms with Gasteiger partial charge in [-0.25, -0.2) is 0 Å². The number of carbonyl (C=O) groups is 1. The van der Waals surface area contributed by atoms with Gasteiger partial charge in [-0.05, 0) is 17.7 Å². The predicted octanol–water partition coefficient (Wildman–Crippen LogP) is 0.116. The van der Waals surface area contributed by atoms with E-state index in [0.717, 1.165) is 5.69 Å². The summed E-state index contributed by atoms with van der Waals surface area (Å²) in [5.41, 5.74) is 1.18. The van der Waals surface area contributed by atoms with Crippen molar-refractivity contribution in [1.29, 1.82) is 0 Å². The molecule has 0 aliphatic carbocycles. The molecule has 0 bridgehead atoms. The van der Waals surface area contributed by atoms with Crippen molar-refractivity contribution in [2.24, 2.45) is 0 Å². The summed E-state index contributed by atoms with van der Waals surface area (Å²) < 4.78 is 0. The van der Waals surface area contributed by atoms with Crippen LogP contribution in [-0.2, 0) is 0 Å². The smallest absolute Gasteiger partial charge is 0.0715 e. The highest BCUT2D eigenvalue weighted by Gasteiger charge is 1.95. The molecule has 0 N–H and O–H groups in total. The number of carboxylic acid groups (broad SMARTS) is 1. The van der Waals surface area contributed by atoms with E-state index >= 15 is 0 Å². The first-order valence-corrected chi connectivity index (χ1v) is 3.60. The van der Waals surface area contributed by atoms with Crippen LogP contribution in [0.15, 0.2) is 24.3 Å². The van der Waals surface area contributed by atoms with Crippen molar-refractivity contribution in [1.82, 2.24) is 0 Å². The van der Waals surface area contributed by atoms with Crippen molar-refractivity contribution >= 4 is 11.7 Å². The maximum absolute atomic E-state index is 10.4. The molecule has 64 valence electrons. The first kappa shape index (κ1) is 8.59. The lowest BCUT2D eigenvalue weighted by Crippen LogP contribution is -2.22. The number of carbonyl (C=O) groups excluding carboxylic acids is 1. The molecular weight excluding hydrogens is 154 g/mol. The summed E-state index contributed by atoms with van der Waals surface area (Å²) in [4.78, 5) is 12.3. The highest BCUT2D eigenvalue weighted by molar-refractivity contribution is 5.86. The summed E-state index contributed by atoms with van der Waals surface area (Å²) in [6, 6.07) is 6.55. The van der Waals surface area contributed by atoms with Crippen LogP contribution in [0.2, 0.25) is 0 Å². The van der Waals surface area contributed by atoms with Gasteiger partial charge in [-0.15, -0.1) is 0 Å². The Bertz CT molecular complexity index is 277. The second kappa shape index (κ2) is 3.26. The average Bonchev–Trinajstić information content (AvgIpc) is 2.04. The summed E-state index contributed by atoms with van der Waals surface area (Å²) in [6.07, 6.45) is 0. The molecule has 0 heterocycles. The second-order valence-corrected chi connectivity index (χ2v) is 2.73. The average molecular weight is 164 g/mol. The van der Waals surface area contributed by atoms with Gasteiger partial charge in [-0.2, -0.15) is 0 Å². The molecule has 1 rings (SSSR count). The van der Waals surface area contributed by atoms with Gasteiger partial charge in [0.15, 0.2) is 0 Å². The largest absolute Gasteiger partial charge is 0.545 e. The Balaban J connectivity index is 2.93. The van der Waals surface area contributed by atoms with Crippen molar-refractivity contribution in [2.75, 3.05) is 19.0 Å². The summed E-state index contributed by atoms with van der Waals surface area (Å²) in [6.45, 7) is 0. The molecule has 0 unspecified atom stereocenters. The maximum atomic E-state index is 10.4. The van der Waals surface area contributed by atoms with E-state index in [4.69, 9.17) is 0 Å². The minimum Gasteiger partial charge on any atom is -0.545 e. The van der Waals surface area contributed by atoms with Crippen LogP contribution in [-0.4, -0.2) is 20.1 Å². The second-order valence-electron chi connectivity index (χ2n) is 2.73. The maximum Gasteiger partial charge on any atom is 0.0715 e. The standard InChI is InChI=1S/C9H11NO2/c1-10(2)8-5-3-7(4-6-8)9(11)12/h3-6H,1-2H3,(H,11,12)/p-1. The monoisotopic (exact) mass is 164 g/mol. The van der Waals surface area contributed by atoms with Crippen LogP contribution >= 0.6 is 0 Å². The van der Waals surface area contributed by atoms with Gasteiger partial charge in [0, 0.05) is 19.8 Å². The van der Waals surface area contributed by atoms with Crippen molar-refractivity contribution in [3.05, 3.63) is 29.8 Å². The lowest BCUT2D eigenvalue weighted by Gasteiger charge is -2.12. The molecule has 12 heavy (non-hydrogen) atoms. The molecule has 0 aromatic heterocycles. The zero-order chi connectivity index (χ0) is 9.14. The Labute approximate surface area is 71.2 Å². The summed E-state index contributed by atoms with van der Waals surface area (Å²) >= 11 is 0. The molecule has 1 aromatic rings. The van der Waals surface area contributed by atoms with E-state index in [1.165, 1.54) is 12.1 Å². The van der Waals surface area contributed by atoms with Crippen molar-refractivity contribution in [2.45, 2.75) is 0 Å².